The third-order valence-corrected chi connectivity index (χ3v) is 12.7. The summed E-state index contributed by atoms with van der Waals surface area (Å²) < 4.78 is 10.1. The van der Waals surface area contributed by atoms with Crippen LogP contribution in [0.4, 0.5) is 4.79 Å². The Morgan fingerprint density at radius 1 is 0.526 bits per heavy atom. The molecule has 0 aromatic rings. The molecular formula is C46H89N3O6S2. The lowest BCUT2D eigenvalue weighted by Crippen LogP contribution is -2.55. The number of unbranched alkanes of at least 4 members (excludes halogenated alkanes) is 26. The van der Waals surface area contributed by atoms with Gasteiger partial charge in [-0.3, -0.25) is 14.4 Å². The van der Waals surface area contributed by atoms with Gasteiger partial charge in [0.25, 0.3) is 0 Å². The first kappa shape index (κ1) is 55.4. The highest BCUT2D eigenvalue weighted by molar-refractivity contribution is 8.76. The summed E-state index contributed by atoms with van der Waals surface area (Å²) in [5, 5.41) is 8.52. The fraction of sp³-hybridized carbons (Fsp3) is 0.913. The van der Waals surface area contributed by atoms with Crippen molar-refractivity contribution < 1.29 is 28.7 Å². The molecule has 2 atom stereocenters. The molecule has 0 aliphatic heterocycles. The van der Waals surface area contributed by atoms with Gasteiger partial charge in [0.05, 0.1) is 7.11 Å². The lowest BCUT2D eigenvalue weighted by molar-refractivity contribution is -0.141. The van der Waals surface area contributed by atoms with Gasteiger partial charge in [0, 0.05) is 24.5 Å². The molecule has 0 fully saturated rings. The van der Waals surface area contributed by atoms with Gasteiger partial charge in [-0.25, -0.2) is 4.79 Å². The lowest BCUT2D eigenvalue weighted by Gasteiger charge is -2.25. The Hall–Kier alpha value is -1.62. The molecule has 3 N–H and O–H groups in total. The second kappa shape index (κ2) is 39.8. The Labute approximate surface area is 358 Å². The Kier molecular flexibility index (Phi) is 38.7. The zero-order chi connectivity index (χ0) is 42.2. The zero-order valence-corrected chi connectivity index (χ0v) is 39.4. The fourth-order valence-electron chi connectivity index (χ4n) is 6.72. The smallest absolute Gasteiger partial charge is 0.408 e. The fourth-order valence-corrected chi connectivity index (χ4v) is 9.03. The number of rotatable bonds is 40. The summed E-state index contributed by atoms with van der Waals surface area (Å²) in [6, 6.07) is -1.84. The van der Waals surface area contributed by atoms with E-state index in [0.717, 1.165) is 31.4 Å². The van der Waals surface area contributed by atoms with E-state index in [4.69, 9.17) is 9.47 Å². The van der Waals surface area contributed by atoms with Crippen LogP contribution in [0.3, 0.4) is 0 Å². The Morgan fingerprint density at radius 2 is 0.947 bits per heavy atom. The quantitative estimate of drug-likeness (QED) is 0.0317. The van der Waals surface area contributed by atoms with Gasteiger partial charge in [-0.1, -0.05) is 202 Å². The molecule has 11 heteroatoms. The minimum absolute atomic E-state index is 0.0200. The second-order valence-electron chi connectivity index (χ2n) is 17.0. The van der Waals surface area contributed by atoms with E-state index in [1.807, 2.05) is 0 Å². The largest absolute Gasteiger partial charge is 0.469 e. The van der Waals surface area contributed by atoms with Gasteiger partial charge in [-0.15, -0.1) is 0 Å². The molecule has 0 aliphatic rings. The van der Waals surface area contributed by atoms with E-state index >= 15 is 0 Å². The number of nitrogens with one attached hydrogen (secondary N) is 3. The Bertz CT molecular complexity index is 980. The molecule has 336 valence electrons. The molecule has 0 aromatic carbocycles. The van der Waals surface area contributed by atoms with Crippen molar-refractivity contribution in [2.45, 2.75) is 245 Å². The number of carbonyl (C=O) groups is 4. The monoisotopic (exact) mass is 844 g/mol. The van der Waals surface area contributed by atoms with E-state index < -0.39 is 35.7 Å². The van der Waals surface area contributed by atoms with Gasteiger partial charge in [-0.05, 0) is 40.0 Å². The molecular weight excluding hydrogens is 755 g/mol. The first-order valence-corrected chi connectivity index (χ1v) is 25.9. The third kappa shape index (κ3) is 38.3. The molecule has 0 radical (unpaired) electrons. The van der Waals surface area contributed by atoms with Crippen molar-refractivity contribution in [3.63, 3.8) is 0 Å². The van der Waals surface area contributed by atoms with Gasteiger partial charge in [0.15, 0.2) is 0 Å². The number of ether oxygens (including phenoxy) is 2. The number of hydrogen-bond donors (Lipinski definition) is 3. The second-order valence-corrected chi connectivity index (χ2v) is 19.6. The summed E-state index contributed by atoms with van der Waals surface area (Å²) in [7, 11) is 4.61. The third-order valence-electron chi connectivity index (χ3n) is 10.2. The molecule has 0 bridgehead atoms. The van der Waals surface area contributed by atoms with Crippen molar-refractivity contribution in [3.05, 3.63) is 0 Å². The molecule has 9 nitrogen and oxygen atoms in total. The summed E-state index contributed by atoms with van der Waals surface area (Å²) in [5.74, 6) is 0.143. The molecule has 0 aliphatic carbocycles. The van der Waals surface area contributed by atoms with Crippen LogP contribution in [0.15, 0.2) is 0 Å². The SMILES string of the molecule is CCCCCCCCCCCCCCCCNC(=O)C(CSSCCCCCCCCCCCCCCCC)NC(=O)C(CCC(=O)OC)NC(=O)OC(C)(C)C. The highest BCUT2D eigenvalue weighted by Gasteiger charge is 2.29. The summed E-state index contributed by atoms with van der Waals surface area (Å²) in [6.07, 6.45) is 35.7. The van der Waals surface area contributed by atoms with Crippen LogP contribution < -0.4 is 16.0 Å². The van der Waals surface area contributed by atoms with Gasteiger partial charge in [-0.2, -0.15) is 0 Å². The molecule has 0 rings (SSSR count). The first-order chi connectivity index (χ1) is 27.5. The van der Waals surface area contributed by atoms with Crippen LogP contribution >= 0.6 is 21.6 Å². The molecule has 57 heavy (non-hydrogen) atoms. The van der Waals surface area contributed by atoms with Crippen molar-refractivity contribution in [2.75, 3.05) is 25.2 Å². The van der Waals surface area contributed by atoms with Gasteiger partial charge in [0.2, 0.25) is 11.8 Å². The number of carbonyl (C=O) groups excluding carboxylic acids is 4. The van der Waals surface area contributed by atoms with Gasteiger partial charge in [0.1, 0.15) is 17.7 Å². The number of hydrogen-bond acceptors (Lipinski definition) is 8. The maximum Gasteiger partial charge on any atom is 0.408 e. The maximum absolute atomic E-state index is 13.5. The lowest BCUT2D eigenvalue weighted by atomic mass is 10.0. The highest BCUT2D eigenvalue weighted by Crippen LogP contribution is 2.24. The first-order valence-electron chi connectivity index (χ1n) is 23.4. The van der Waals surface area contributed by atoms with Gasteiger partial charge >= 0.3 is 12.1 Å². The van der Waals surface area contributed by atoms with E-state index in [-0.39, 0.29) is 18.7 Å². The minimum Gasteiger partial charge on any atom is -0.469 e. The van der Waals surface area contributed by atoms with Crippen molar-refractivity contribution in [2.24, 2.45) is 0 Å². The normalized spacial score (nSPS) is 12.5. The molecule has 0 aromatic heterocycles. The molecule has 0 saturated carbocycles. The van der Waals surface area contributed by atoms with Crippen LogP contribution in [-0.2, 0) is 23.9 Å². The molecule has 2 unspecified atom stereocenters. The summed E-state index contributed by atoms with van der Waals surface area (Å²) in [5.41, 5.74) is -0.760. The number of esters is 1. The number of alkyl carbamates (subject to hydrolysis) is 1. The summed E-state index contributed by atoms with van der Waals surface area (Å²) >= 11 is 0. The predicted octanol–water partition coefficient (Wildman–Crippen LogP) is 12.8. The molecule has 0 heterocycles. The summed E-state index contributed by atoms with van der Waals surface area (Å²) in [4.78, 5) is 51.5. The molecule has 0 spiro atoms. The van der Waals surface area contributed by atoms with Crippen molar-refractivity contribution in [1.29, 1.82) is 0 Å². The topological polar surface area (TPSA) is 123 Å². The highest BCUT2D eigenvalue weighted by atomic mass is 33.1. The molecule has 3 amide bonds. The van der Waals surface area contributed by atoms with E-state index in [0.29, 0.717) is 12.3 Å². The van der Waals surface area contributed by atoms with E-state index in [1.165, 1.54) is 161 Å². The van der Waals surface area contributed by atoms with Crippen molar-refractivity contribution in [1.82, 2.24) is 16.0 Å². The van der Waals surface area contributed by atoms with Crippen molar-refractivity contribution >= 4 is 45.5 Å². The number of amides is 3. The van der Waals surface area contributed by atoms with Crippen molar-refractivity contribution in [3.8, 4) is 0 Å². The van der Waals surface area contributed by atoms with Crippen LogP contribution in [-0.4, -0.2) is 66.7 Å². The predicted molar refractivity (Wildman–Crippen MR) is 245 cm³/mol. The van der Waals surface area contributed by atoms with E-state index in [1.54, 1.807) is 42.4 Å². The van der Waals surface area contributed by atoms with Gasteiger partial charge < -0.3 is 25.4 Å². The average molecular weight is 844 g/mol. The Balaban J connectivity index is 4.75. The van der Waals surface area contributed by atoms with E-state index in [2.05, 4.69) is 29.8 Å². The summed E-state index contributed by atoms with van der Waals surface area (Å²) in [6.45, 7) is 10.3. The maximum atomic E-state index is 13.5. The average Bonchev–Trinajstić information content (AvgIpc) is 3.17. The van der Waals surface area contributed by atoms with Crippen LogP contribution in [0.25, 0.3) is 0 Å². The van der Waals surface area contributed by atoms with Crippen LogP contribution in [0.2, 0.25) is 0 Å². The zero-order valence-electron chi connectivity index (χ0n) is 37.8. The minimum atomic E-state index is -1.06. The Morgan fingerprint density at radius 3 is 1.37 bits per heavy atom. The van der Waals surface area contributed by atoms with E-state index in [9.17, 15) is 19.2 Å². The standard InChI is InChI=1S/C46H89N3O6S2/c1-7-9-11-13-15-17-19-21-23-25-27-29-31-33-37-47-43(51)41(48-44(52)40(35-36-42(50)54-6)49-45(53)55-46(3,4)5)39-57-56-38-34-32-30-28-26-24-22-20-18-16-14-12-10-8-2/h40-41H,7-39H2,1-6H3,(H,47,51)(H,48,52)(H,49,53). The van der Waals surface area contributed by atoms with Crippen LogP contribution in [0.1, 0.15) is 227 Å². The molecule has 0 saturated heterocycles. The van der Waals surface area contributed by atoms with Crippen LogP contribution in [0.5, 0.6) is 0 Å². The van der Waals surface area contributed by atoms with Crippen LogP contribution in [0, 0.1) is 0 Å². The number of methoxy groups -OCH3 is 1.